The van der Waals surface area contributed by atoms with E-state index >= 15 is 0 Å². The molecule has 34 heavy (non-hydrogen) atoms. The summed E-state index contributed by atoms with van der Waals surface area (Å²) in [6, 6.07) is 12.3. The van der Waals surface area contributed by atoms with Crippen molar-refractivity contribution < 1.29 is 13.2 Å². The first-order chi connectivity index (χ1) is 16.6. The number of halogens is 2. The van der Waals surface area contributed by atoms with Crippen molar-refractivity contribution in [3.8, 4) is 11.3 Å². The first-order valence-electron chi connectivity index (χ1n) is 11.5. The van der Waals surface area contributed by atoms with Crippen LogP contribution in [0.4, 0.5) is 8.78 Å². The lowest BCUT2D eigenvalue weighted by Crippen LogP contribution is -2.13. The van der Waals surface area contributed by atoms with E-state index < -0.39 is 11.6 Å². The Labute approximate surface area is 196 Å². The molecule has 0 saturated heterocycles. The zero-order valence-corrected chi connectivity index (χ0v) is 18.8. The van der Waals surface area contributed by atoms with E-state index in [9.17, 15) is 8.78 Å². The minimum atomic E-state index is -0.949. The normalized spacial score (nSPS) is 17.5. The van der Waals surface area contributed by atoms with E-state index in [1.54, 1.807) is 12.4 Å². The number of fused-ring (bicyclic) bond motifs is 1. The van der Waals surface area contributed by atoms with Gasteiger partial charge in [0.2, 0.25) is 0 Å². The Hall–Kier alpha value is -3.74. The maximum atomic E-state index is 14.2. The van der Waals surface area contributed by atoms with Crippen LogP contribution in [0, 0.1) is 11.6 Å². The molecule has 1 atom stereocenters. The molecule has 5 rings (SSSR count). The molecule has 0 amide bonds. The van der Waals surface area contributed by atoms with Gasteiger partial charge in [0, 0.05) is 18.2 Å². The summed E-state index contributed by atoms with van der Waals surface area (Å²) in [6.45, 7) is 2.17. The van der Waals surface area contributed by atoms with Crippen molar-refractivity contribution in [3.05, 3.63) is 89.1 Å². The maximum absolute atomic E-state index is 14.2. The summed E-state index contributed by atoms with van der Waals surface area (Å²) < 4.78 is 33.8. The molecule has 0 spiro atoms. The van der Waals surface area contributed by atoms with Crippen LogP contribution in [0.15, 0.2) is 79.8 Å². The summed E-state index contributed by atoms with van der Waals surface area (Å²) in [5.41, 5.74) is 3.53. The monoisotopic (exact) mass is 458 g/mol. The van der Waals surface area contributed by atoms with E-state index in [1.165, 1.54) is 17.7 Å². The fourth-order valence-corrected chi connectivity index (χ4v) is 4.09. The van der Waals surface area contributed by atoms with Gasteiger partial charge in [0.25, 0.3) is 0 Å². The highest BCUT2D eigenvalue weighted by Crippen LogP contribution is 2.25. The molecule has 0 bridgehead atoms. The second-order valence-corrected chi connectivity index (χ2v) is 8.40. The lowest BCUT2D eigenvalue weighted by atomic mass is 10.1. The standard InChI is InChI=1S/C27H24F2N4O/c1-2-5-17-10-12-18(13-11-17)24-16-31-25(34-24)14-19-6-3-9-22-23(15-30-19)33-27(32-22)20-7-4-8-21(28)26(20)29/h4,7-13,15-16,19H,2-3,5-6,14H2,1H3. The Bertz CT molecular complexity index is 1320. The average Bonchev–Trinajstić information content (AvgIpc) is 3.45. The lowest BCUT2D eigenvalue weighted by Gasteiger charge is -2.11. The minimum absolute atomic E-state index is 0.0334. The number of hydrogen-bond donors (Lipinski definition) is 0. The molecule has 2 aliphatic rings. The molecule has 0 saturated carbocycles. The number of allylic oxidation sites excluding steroid dienone is 2. The highest BCUT2D eigenvalue weighted by atomic mass is 19.2. The van der Waals surface area contributed by atoms with Gasteiger partial charge in [-0.25, -0.2) is 23.7 Å². The molecule has 0 fully saturated rings. The molecule has 172 valence electrons. The molecule has 0 radical (unpaired) electrons. The number of aromatic nitrogens is 1. The molecule has 0 N–H and O–H groups in total. The largest absolute Gasteiger partial charge is 0.441 e. The van der Waals surface area contributed by atoms with Crippen molar-refractivity contribution in [1.82, 2.24) is 4.98 Å². The first kappa shape index (κ1) is 22.1. The van der Waals surface area contributed by atoms with E-state index in [2.05, 4.69) is 51.2 Å². The summed E-state index contributed by atoms with van der Waals surface area (Å²) in [5.74, 6) is -0.341. The van der Waals surface area contributed by atoms with Crippen LogP contribution in [0.3, 0.4) is 0 Å². The van der Waals surface area contributed by atoms with E-state index in [0.717, 1.165) is 43.1 Å². The van der Waals surface area contributed by atoms with Gasteiger partial charge in [-0.1, -0.05) is 49.8 Å². The van der Waals surface area contributed by atoms with Crippen molar-refractivity contribution >= 4 is 17.8 Å². The molecule has 1 aromatic heterocycles. The van der Waals surface area contributed by atoms with Crippen LogP contribution in [0.25, 0.3) is 11.3 Å². The second kappa shape index (κ2) is 9.63. The fraction of sp³-hybridized carbons (Fsp3) is 0.259. The molecular formula is C27H24F2N4O. The van der Waals surface area contributed by atoms with Crippen molar-refractivity contribution in [2.45, 2.75) is 45.1 Å². The summed E-state index contributed by atoms with van der Waals surface area (Å²) in [4.78, 5) is 17.9. The zero-order chi connectivity index (χ0) is 23.5. The number of hydrogen-bond acceptors (Lipinski definition) is 5. The molecule has 0 aliphatic carbocycles. The van der Waals surface area contributed by atoms with Crippen LogP contribution in [0.2, 0.25) is 0 Å². The van der Waals surface area contributed by atoms with Crippen LogP contribution in [0.1, 0.15) is 43.2 Å². The summed E-state index contributed by atoms with van der Waals surface area (Å²) in [7, 11) is 0. The Kier molecular flexibility index (Phi) is 6.25. The lowest BCUT2D eigenvalue weighted by molar-refractivity contribution is 0.471. The topological polar surface area (TPSA) is 63.1 Å². The molecule has 2 aromatic carbocycles. The molecule has 1 unspecified atom stereocenters. The average molecular weight is 459 g/mol. The number of benzene rings is 2. The predicted octanol–water partition coefficient (Wildman–Crippen LogP) is 6.13. The van der Waals surface area contributed by atoms with E-state index in [0.29, 0.717) is 23.7 Å². The highest BCUT2D eigenvalue weighted by Gasteiger charge is 2.22. The molecule has 3 aromatic rings. The number of oxazole rings is 1. The van der Waals surface area contributed by atoms with Crippen molar-refractivity contribution in [1.29, 1.82) is 0 Å². The second-order valence-electron chi connectivity index (χ2n) is 8.40. The molecule has 7 heteroatoms. The van der Waals surface area contributed by atoms with E-state index in [-0.39, 0.29) is 17.4 Å². The van der Waals surface area contributed by atoms with Gasteiger partial charge in [0.05, 0.1) is 23.5 Å². The van der Waals surface area contributed by atoms with Gasteiger partial charge in [-0.3, -0.25) is 4.99 Å². The molecule has 2 aliphatic heterocycles. The van der Waals surface area contributed by atoms with Gasteiger partial charge in [-0.05, 0) is 37.0 Å². The minimum Gasteiger partial charge on any atom is -0.441 e. The molecular weight excluding hydrogens is 434 g/mol. The van der Waals surface area contributed by atoms with Crippen LogP contribution < -0.4 is 0 Å². The van der Waals surface area contributed by atoms with Crippen molar-refractivity contribution in [3.63, 3.8) is 0 Å². The quantitative estimate of drug-likeness (QED) is 0.446. The molecule has 5 nitrogen and oxygen atoms in total. The van der Waals surface area contributed by atoms with Gasteiger partial charge < -0.3 is 4.42 Å². The van der Waals surface area contributed by atoms with Crippen LogP contribution in [-0.2, 0) is 12.8 Å². The van der Waals surface area contributed by atoms with Crippen LogP contribution in [-0.4, -0.2) is 28.8 Å². The Balaban J connectivity index is 1.29. The van der Waals surface area contributed by atoms with Crippen molar-refractivity contribution in [2.75, 3.05) is 0 Å². The van der Waals surface area contributed by atoms with Crippen LogP contribution in [0.5, 0.6) is 0 Å². The third-order valence-electron chi connectivity index (χ3n) is 5.89. The van der Waals surface area contributed by atoms with Crippen molar-refractivity contribution in [2.24, 2.45) is 15.0 Å². The number of nitrogens with zero attached hydrogens (tertiary/aromatic N) is 4. The number of rotatable bonds is 6. The first-order valence-corrected chi connectivity index (χ1v) is 11.5. The Morgan fingerprint density at radius 1 is 1.06 bits per heavy atom. The highest BCUT2D eigenvalue weighted by molar-refractivity contribution is 6.43. The summed E-state index contributed by atoms with van der Waals surface area (Å²) in [5, 5.41) is 0. The van der Waals surface area contributed by atoms with E-state index in [1.807, 2.05) is 6.08 Å². The number of aryl methyl sites for hydroxylation is 1. The smallest absolute Gasteiger partial charge is 0.197 e. The van der Waals surface area contributed by atoms with Gasteiger partial charge in [-0.15, -0.1) is 0 Å². The van der Waals surface area contributed by atoms with E-state index in [4.69, 9.17) is 4.42 Å². The Morgan fingerprint density at radius 3 is 2.74 bits per heavy atom. The third-order valence-corrected chi connectivity index (χ3v) is 5.89. The van der Waals surface area contributed by atoms with Gasteiger partial charge >= 0.3 is 0 Å². The fourth-order valence-electron chi connectivity index (χ4n) is 4.09. The summed E-state index contributed by atoms with van der Waals surface area (Å²) in [6.07, 6.45) is 9.62. The maximum Gasteiger partial charge on any atom is 0.197 e. The predicted molar refractivity (Wildman–Crippen MR) is 130 cm³/mol. The van der Waals surface area contributed by atoms with Crippen LogP contribution >= 0.6 is 0 Å². The number of aliphatic imine (C=N–C) groups is 3. The van der Waals surface area contributed by atoms with Gasteiger partial charge in [0.15, 0.2) is 29.1 Å². The molecule has 3 heterocycles. The van der Waals surface area contributed by atoms with Gasteiger partial charge in [-0.2, -0.15) is 0 Å². The number of amidine groups is 1. The SMILES string of the molecule is CCCc1ccc(-c2cnc(CC3CCC=C4N=C(c5cccc(F)c5F)N=C4C=N3)o2)cc1. The third kappa shape index (κ3) is 4.64. The summed E-state index contributed by atoms with van der Waals surface area (Å²) >= 11 is 0. The zero-order valence-electron chi connectivity index (χ0n) is 18.8. The van der Waals surface area contributed by atoms with Gasteiger partial charge in [0.1, 0.15) is 5.71 Å². The Morgan fingerprint density at radius 2 is 1.91 bits per heavy atom.